The Morgan fingerprint density at radius 2 is 2.04 bits per heavy atom. The first-order valence-corrected chi connectivity index (χ1v) is 8.71. The zero-order valence-electron chi connectivity index (χ0n) is 14.4. The number of rotatable bonds is 3. The largest absolute Gasteiger partial charge is 0.369 e. The van der Waals surface area contributed by atoms with Gasteiger partial charge in [-0.2, -0.15) is 0 Å². The molecule has 4 heterocycles. The van der Waals surface area contributed by atoms with Crippen molar-refractivity contribution >= 4 is 5.69 Å². The van der Waals surface area contributed by atoms with Crippen LogP contribution < -0.4 is 4.90 Å². The lowest BCUT2D eigenvalue weighted by Crippen LogP contribution is -2.56. The molecule has 0 unspecified atom stereocenters. The summed E-state index contributed by atoms with van der Waals surface area (Å²) in [6, 6.07) is 3.80. The molecule has 0 radical (unpaired) electrons. The fourth-order valence-corrected chi connectivity index (χ4v) is 4.13. The summed E-state index contributed by atoms with van der Waals surface area (Å²) in [4.78, 5) is 12.6. The van der Waals surface area contributed by atoms with Gasteiger partial charge in [-0.05, 0) is 18.6 Å². The number of anilines is 1. The molecule has 2 aliphatic heterocycles. The van der Waals surface area contributed by atoms with Crippen molar-refractivity contribution in [3.05, 3.63) is 42.7 Å². The molecule has 25 heavy (non-hydrogen) atoms. The first kappa shape index (κ1) is 16.4. The van der Waals surface area contributed by atoms with E-state index in [1.165, 1.54) is 0 Å². The predicted molar refractivity (Wildman–Crippen MR) is 91.5 cm³/mol. The van der Waals surface area contributed by atoms with Crippen molar-refractivity contribution in [3.8, 4) is 0 Å². The minimum absolute atomic E-state index is 0.0850. The van der Waals surface area contributed by atoms with Crippen molar-refractivity contribution in [3.63, 3.8) is 0 Å². The number of alkyl halides is 2. The molecule has 4 rings (SSSR count). The highest BCUT2D eigenvalue weighted by molar-refractivity contribution is 5.45. The smallest absolute Gasteiger partial charge is 0.257 e. The molecule has 0 saturated carbocycles. The first-order chi connectivity index (χ1) is 12.0. The molecule has 2 saturated heterocycles. The third-order valence-corrected chi connectivity index (χ3v) is 5.70. The molecule has 0 amide bonds. The maximum atomic E-state index is 14.9. The number of halogens is 2. The second-order valence-electron chi connectivity index (χ2n) is 7.28. The molecular formula is C18H23F2N5. The zero-order chi connectivity index (χ0) is 17.5. The number of hydrogen-bond donors (Lipinski definition) is 0. The van der Waals surface area contributed by atoms with Gasteiger partial charge in [-0.3, -0.25) is 9.88 Å². The fraction of sp³-hybridized carbons (Fsp3) is 0.556. The van der Waals surface area contributed by atoms with E-state index in [0.717, 1.165) is 11.5 Å². The van der Waals surface area contributed by atoms with E-state index in [0.29, 0.717) is 39.1 Å². The Hall–Kier alpha value is -2.02. The standard InChI is InChI=1S/C18H23F2N5/c1-23-10-7-22-16(23)12-24-8-5-18(19,20)17(13-24)4-9-25(14-17)15-3-2-6-21-11-15/h2-3,6-7,10-11H,4-5,8-9,12-14H2,1H3/t17-/m1/s1. The van der Waals surface area contributed by atoms with Crippen LogP contribution in [0.1, 0.15) is 18.7 Å². The summed E-state index contributed by atoms with van der Waals surface area (Å²) in [5.74, 6) is -1.72. The summed E-state index contributed by atoms with van der Waals surface area (Å²) in [7, 11) is 1.94. The van der Waals surface area contributed by atoms with Gasteiger partial charge in [0, 0.05) is 58.2 Å². The first-order valence-electron chi connectivity index (χ1n) is 8.71. The van der Waals surface area contributed by atoms with Crippen LogP contribution in [-0.4, -0.2) is 51.5 Å². The Labute approximate surface area is 146 Å². The van der Waals surface area contributed by atoms with Crippen LogP contribution in [0.3, 0.4) is 0 Å². The van der Waals surface area contributed by atoms with Gasteiger partial charge < -0.3 is 9.47 Å². The lowest BCUT2D eigenvalue weighted by atomic mass is 9.75. The number of piperidine rings is 1. The maximum Gasteiger partial charge on any atom is 0.257 e. The average molecular weight is 347 g/mol. The Bertz CT molecular complexity index is 732. The van der Waals surface area contributed by atoms with Gasteiger partial charge in [-0.1, -0.05) is 0 Å². The third kappa shape index (κ3) is 2.90. The van der Waals surface area contributed by atoms with E-state index in [-0.39, 0.29) is 6.42 Å². The van der Waals surface area contributed by atoms with E-state index in [1.807, 2.05) is 34.8 Å². The second kappa shape index (κ2) is 6.05. The van der Waals surface area contributed by atoms with Crippen molar-refractivity contribution in [2.24, 2.45) is 12.5 Å². The lowest BCUT2D eigenvalue weighted by molar-refractivity contribution is -0.159. The summed E-state index contributed by atoms with van der Waals surface area (Å²) < 4.78 is 31.7. The molecule has 2 aliphatic rings. The summed E-state index contributed by atoms with van der Waals surface area (Å²) in [5.41, 5.74) is -0.0666. The average Bonchev–Trinajstić information content (AvgIpc) is 3.21. The van der Waals surface area contributed by atoms with E-state index in [9.17, 15) is 8.78 Å². The van der Waals surface area contributed by atoms with Gasteiger partial charge >= 0.3 is 0 Å². The highest BCUT2D eigenvalue weighted by Crippen LogP contribution is 2.50. The van der Waals surface area contributed by atoms with Crippen molar-refractivity contribution in [2.75, 3.05) is 31.1 Å². The van der Waals surface area contributed by atoms with E-state index in [4.69, 9.17) is 0 Å². The van der Waals surface area contributed by atoms with Crippen LogP contribution in [0.25, 0.3) is 0 Å². The molecule has 0 aromatic carbocycles. The van der Waals surface area contributed by atoms with E-state index in [2.05, 4.69) is 14.9 Å². The minimum atomic E-state index is -2.64. The van der Waals surface area contributed by atoms with Crippen LogP contribution in [-0.2, 0) is 13.6 Å². The van der Waals surface area contributed by atoms with E-state index >= 15 is 0 Å². The Morgan fingerprint density at radius 3 is 2.76 bits per heavy atom. The summed E-state index contributed by atoms with van der Waals surface area (Å²) in [6.07, 6.45) is 7.53. The quantitative estimate of drug-likeness (QED) is 0.855. The molecule has 0 aliphatic carbocycles. The van der Waals surface area contributed by atoms with Crippen molar-refractivity contribution in [1.29, 1.82) is 0 Å². The van der Waals surface area contributed by atoms with Gasteiger partial charge in [-0.15, -0.1) is 0 Å². The van der Waals surface area contributed by atoms with Gasteiger partial charge in [0.2, 0.25) is 0 Å². The number of aromatic nitrogens is 3. The zero-order valence-corrected chi connectivity index (χ0v) is 14.4. The van der Waals surface area contributed by atoms with Crippen LogP contribution in [0.5, 0.6) is 0 Å². The van der Waals surface area contributed by atoms with E-state index in [1.54, 1.807) is 18.6 Å². The number of aryl methyl sites for hydroxylation is 1. The van der Waals surface area contributed by atoms with Gasteiger partial charge in [0.05, 0.1) is 23.8 Å². The summed E-state index contributed by atoms with van der Waals surface area (Å²) >= 11 is 0. The molecule has 2 fully saturated rings. The van der Waals surface area contributed by atoms with Gasteiger partial charge in [-0.25, -0.2) is 13.8 Å². The monoisotopic (exact) mass is 347 g/mol. The van der Waals surface area contributed by atoms with Gasteiger partial charge in [0.1, 0.15) is 5.82 Å². The molecule has 1 spiro atoms. The van der Waals surface area contributed by atoms with Crippen LogP contribution in [0.2, 0.25) is 0 Å². The molecule has 0 N–H and O–H groups in total. The highest BCUT2D eigenvalue weighted by Gasteiger charge is 2.59. The number of likely N-dealkylation sites (tertiary alicyclic amines) is 1. The number of pyridine rings is 1. The molecule has 1 atom stereocenters. The van der Waals surface area contributed by atoms with Crippen molar-refractivity contribution in [1.82, 2.24) is 19.4 Å². The second-order valence-corrected chi connectivity index (χ2v) is 7.28. The Kier molecular flexibility index (Phi) is 3.98. The summed E-state index contributed by atoms with van der Waals surface area (Å²) in [6.45, 7) is 2.46. The van der Waals surface area contributed by atoms with Crippen LogP contribution in [0, 0.1) is 5.41 Å². The normalized spacial score (nSPS) is 26.4. The molecule has 0 bridgehead atoms. The molecule has 5 nitrogen and oxygen atoms in total. The van der Waals surface area contributed by atoms with Crippen LogP contribution in [0.4, 0.5) is 14.5 Å². The molecule has 7 heteroatoms. The topological polar surface area (TPSA) is 37.2 Å². The maximum absolute atomic E-state index is 14.9. The number of hydrogen-bond acceptors (Lipinski definition) is 4. The fourth-order valence-electron chi connectivity index (χ4n) is 4.13. The van der Waals surface area contributed by atoms with Crippen LogP contribution in [0.15, 0.2) is 36.9 Å². The SMILES string of the molecule is Cn1ccnc1CN1CCC(F)(F)[C@]2(CCN(c3cccnc3)C2)C1. The molecular weight excluding hydrogens is 324 g/mol. The van der Waals surface area contributed by atoms with Crippen LogP contribution >= 0.6 is 0 Å². The Morgan fingerprint density at radius 1 is 1.16 bits per heavy atom. The van der Waals surface area contributed by atoms with Crippen molar-refractivity contribution in [2.45, 2.75) is 25.3 Å². The summed E-state index contributed by atoms with van der Waals surface area (Å²) in [5, 5.41) is 0. The predicted octanol–water partition coefficient (Wildman–Crippen LogP) is 2.55. The third-order valence-electron chi connectivity index (χ3n) is 5.70. The van der Waals surface area contributed by atoms with Gasteiger partial charge in [0.25, 0.3) is 5.92 Å². The number of nitrogens with zero attached hydrogens (tertiary/aromatic N) is 5. The number of imidazole rings is 1. The highest BCUT2D eigenvalue weighted by atomic mass is 19.3. The molecule has 2 aromatic heterocycles. The van der Waals surface area contributed by atoms with Gasteiger partial charge in [0.15, 0.2) is 0 Å². The minimum Gasteiger partial charge on any atom is -0.369 e. The lowest BCUT2D eigenvalue weighted by Gasteiger charge is -2.45. The van der Waals surface area contributed by atoms with E-state index < -0.39 is 11.3 Å². The van der Waals surface area contributed by atoms with Crippen molar-refractivity contribution < 1.29 is 8.78 Å². The molecule has 2 aromatic rings. The Balaban J connectivity index is 1.53. The molecule has 134 valence electrons.